The van der Waals surface area contributed by atoms with E-state index < -0.39 is 11.0 Å². The molecule has 0 amide bonds. The van der Waals surface area contributed by atoms with E-state index >= 15 is 0 Å². The second kappa shape index (κ2) is 6.38. The molecular formula is C23H34O5. The number of rotatable bonds is 2. The molecule has 0 aromatic rings. The lowest BCUT2D eigenvalue weighted by Gasteiger charge is -2.60. The molecule has 0 spiro atoms. The molecule has 0 unspecified atom stereocenters. The van der Waals surface area contributed by atoms with Crippen LogP contribution in [0.25, 0.3) is 0 Å². The lowest BCUT2D eigenvalue weighted by Crippen LogP contribution is -2.61. The summed E-state index contributed by atoms with van der Waals surface area (Å²) in [6, 6.07) is 0. The maximum Gasteiger partial charge on any atom is 0.302 e. The summed E-state index contributed by atoms with van der Waals surface area (Å²) in [6.07, 6.45) is 6.19. The van der Waals surface area contributed by atoms with Crippen LogP contribution < -0.4 is 0 Å². The maximum absolute atomic E-state index is 13.5. The van der Waals surface area contributed by atoms with Gasteiger partial charge in [0.1, 0.15) is 17.5 Å². The van der Waals surface area contributed by atoms with Crippen molar-refractivity contribution in [1.82, 2.24) is 0 Å². The number of fused-ring (bicyclic) bond motifs is 5. The fraction of sp³-hybridized carbons (Fsp3) is 0.870. The van der Waals surface area contributed by atoms with Crippen molar-refractivity contribution in [3.63, 3.8) is 0 Å². The minimum atomic E-state index is -1.36. The topological polar surface area (TPSA) is 80.7 Å². The highest BCUT2D eigenvalue weighted by Gasteiger charge is 2.68. The van der Waals surface area contributed by atoms with Crippen LogP contribution in [0, 0.1) is 34.5 Å². The molecule has 5 nitrogen and oxygen atoms in total. The minimum Gasteiger partial charge on any atom is -0.463 e. The Morgan fingerprint density at radius 2 is 1.79 bits per heavy atom. The number of Topliss-reactive ketones (excluding diaryl/α,β-unsaturated/α-hetero) is 2. The third kappa shape index (κ3) is 2.57. The van der Waals surface area contributed by atoms with Crippen LogP contribution in [0.4, 0.5) is 0 Å². The highest BCUT2D eigenvalue weighted by molar-refractivity contribution is 5.90. The van der Waals surface area contributed by atoms with Crippen LogP contribution in [0.1, 0.15) is 79.1 Å². The van der Waals surface area contributed by atoms with Crippen molar-refractivity contribution in [3.8, 4) is 0 Å². The number of hydrogen-bond donors (Lipinski definition) is 1. The predicted molar refractivity (Wildman–Crippen MR) is 103 cm³/mol. The van der Waals surface area contributed by atoms with Gasteiger partial charge in [0.2, 0.25) is 0 Å². The van der Waals surface area contributed by atoms with E-state index in [2.05, 4.69) is 6.92 Å². The average molecular weight is 391 g/mol. The summed E-state index contributed by atoms with van der Waals surface area (Å²) in [5.74, 6) is 0.722. The molecule has 5 heteroatoms. The number of ether oxygens (including phenoxy) is 1. The van der Waals surface area contributed by atoms with Crippen molar-refractivity contribution >= 4 is 17.5 Å². The van der Waals surface area contributed by atoms with Crippen molar-refractivity contribution < 1.29 is 24.2 Å². The van der Waals surface area contributed by atoms with Gasteiger partial charge in [-0.2, -0.15) is 0 Å². The van der Waals surface area contributed by atoms with Gasteiger partial charge in [-0.3, -0.25) is 14.4 Å². The normalized spacial score (nSPS) is 50.3. The number of carbonyl (C=O) groups is 3. The van der Waals surface area contributed by atoms with Crippen molar-refractivity contribution in [2.24, 2.45) is 34.5 Å². The van der Waals surface area contributed by atoms with Crippen molar-refractivity contribution in [2.45, 2.75) is 90.8 Å². The van der Waals surface area contributed by atoms with Gasteiger partial charge in [-0.15, -0.1) is 0 Å². The van der Waals surface area contributed by atoms with Gasteiger partial charge in [0.25, 0.3) is 0 Å². The Morgan fingerprint density at radius 1 is 1.07 bits per heavy atom. The number of carbonyl (C=O) groups excluding carboxylic acids is 3. The highest BCUT2D eigenvalue weighted by Crippen LogP contribution is 2.67. The largest absolute Gasteiger partial charge is 0.463 e. The number of aliphatic hydroxyl groups is 1. The van der Waals surface area contributed by atoms with E-state index in [1.807, 2.05) is 6.92 Å². The summed E-state index contributed by atoms with van der Waals surface area (Å²) >= 11 is 0. The molecule has 4 aliphatic carbocycles. The lowest BCUT2D eigenvalue weighted by molar-refractivity contribution is -0.181. The first-order valence-electron chi connectivity index (χ1n) is 11.0. The second-order valence-electron chi connectivity index (χ2n) is 10.5. The maximum atomic E-state index is 13.5. The van der Waals surface area contributed by atoms with Crippen LogP contribution in [0.3, 0.4) is 0 Å². The van der Waals surface area contributed by atoms with Crippen LogP contribution in [-0.2, 0) is 19.1 Å². The highest BCUT2D eigenvalue weighted by atomic mass is 16.5. The zero-order valence-electron chi connectivity index (χ0n) is 17.6. The van der Waals surface area contributed by atoms with Gasteiger partial charge < -0.3 is 9.84 Å². The molecule has 0 saturated heterocycles. The monoisotopic (exact) mass is 390 g/mol. The Kier molecular flexibility index (Phi) is 4.57. The molecule has 4 aliphatic rings. The molecule has 156 valence electrons. The summed E-state index contributed by atoms with van der Waals surface area (Å²) in [7, 11) is 0. The van der Waals surface area contributed by atoms with Crippen LogP contribution in [0.5, 0.6) is 0 Å². The van der Waals surface area contributed by atoms with E-state index in [0.29, 0.717) is 18.8 Å². The number of esters is 1. The van der Waals surface area contributed by atoms with Crippen LogP contribution in [0.2, 0.25) is 0 Å². The molecule has 8 atom stereocenters. The molecule has 0 aromatic heterocycles. The standard InChI is InChI=1S/C23H34O5/c1-13(24)23(27)10-8-18-17-6-5-15-11-16(28-14(2)25)7-9-21(15,3)20(17)19(26)12-22(18,23)4/h15-18,20,27H,5-12H2,1-4H3/t15-,16+,17+,18+,20-,21+,22+,23-/m1/s1. The molecule has 0 aromatic carbocycles. The lowest BCUT2D eigenvalue weighted by atomic mass is 9.44. The quantitative estimate of drug-likeness (QED) is 0.730. The minimum absolute atomic E-state index is 0.0110. The van der Waals surface area contributed by atoms with Gasteiger partial charge in [-0.25, -0.2) is 0 Å². The van der Waals surface area contributed by atoms with E-state index in [9.17, 15) is 19.5 Å². The molecule has 1 N–H and O–H groups in total. The summed E-state index contributed by atoms with van der Waals surface area (Å²) in [4.78, 5) is 37.2. The van der Waals surface area contributed by atoms with E-state index in [1.54, 1.807) is 0 Å². The fourth-order valence-corrected chi connectivity index (χ4v) is 7.96. The van der Waals surface area contributed by atoms with E-state index in [0.717, 1.165) is 38.5 Å². The average Bonchev–Trinajstić information content (AvgIpc) is 2.86. The van der Waals surface area contributed by atoms with Gasteiger partial charge in [-0.1, -0.05) is 13.8 Å². The van der Waals surface area contributed by atoms with Gasteiger partial charge in [0.05, 0.1) is 0 Å². The van der Waals surface area contributed by atoms with E-state index in [-0.39, 0.29) is 46.8 Å². The molecule has 0 radical (unpaired) electrons. The summed E-state index contributed by atoms with van der Waals surface area (Å²) < 4.78 is 5.49. The smallest absolute Gasteiger partial charge is 0.302 e. The number of hydrogen-bond acceptors (Lipinski definition) is 5. The summed E-state index contributed by atoms with van der Waals surface area (Å²) in [6.45, 7) is 7.18. The molecule has 0 bridgehead atoms. The second-order valence-corrected chi connectivity index (χ2v) is 10.5. The Bertz CT molecular complexity index is 716. The molecule has 0 aliphatic heterocycles. The van der Waals surface area contributed by atoms with Crippen LogP contribution >= 0.6 is 0 Å². The number of ketones is 2. The van der Waals surface area contributed by atoms with Gasteiger partial charge >= 0.3 is 5.97 Å². The van der Waals surface area contributed by atoms with Gasteiger partial charge in [0.15, 0.2) is 5.78 Å². The fourth-order valence-electron chi connectivity index (χ4n) is 7.96. The third-order valence-corrected chi connectivity index (χ3v) is 9.37. The SMILES string of the molecule is CC(=O)O[C@H]1CC[C@@]2(C)[C@H](CC[C@@H]3[C@@H]2C(=O)C[C@@]2(C)[C@H]3CC[C@@]2(O)C(C)=O)C1. The summed E-state index contributed by atoms with van der Waals surface area (Å²) in [5, 5.41) is 11.2. The molecule has 4 saturated carbocycles. The van der Waals surface area contributed by atoms with Crippen molar-refractivity contribution in [1.29, 1.82) is 0 Å². The Balaban J connectivity index is 1.63. The van der Waals surface area contributed by atoms with Crippen molar-refractivity contribution in [2.75, 3.05) is 0 Å². The van der Waals surface area contributed by atoms with Gasteiger partial charge in [-0.05, 0) is 75.0 Å². The Hall–Kier alpha value is -1.23. The molecule has 0 heterocycles. The summed E-state index contributed by atoms with van der Waals surface area (Å²) in [5.41, 5.74) is -2.05. The Labute approximate surface area is 167 Å². The van der Waals surface area contributed by atoms with Gasteiger partial charge in [0, 0.05) is 24.7 Å². The molecule has 4 fully saturated rings. The third-order valence-electron chi connectivity index (χ3n) is 9.37. The zero-order valence-corrected chi connectivity index (χ0v) is 17.6. The predicted octanol–water partition coefficient (Wildman–Crippen LogP) is 3.46. The molecule has 4 rings (SSSR count). The first-order chi connectivity index (χ1) is 13.0. The van der Waals surface area contributed by atoms with E-state index in [1.165, 1.54) is 13.8 Å². The first-order valence-corrected chi connectivity index (χ1v) is 11.0. The van der Waals surface area contributed by atoms with Crippen molar-refractivity contribution in [3.05, 3.63) is 0 Å². The molecular weight excluding hydrogens is 356 g/mol. The van der Waals surface area contributed by atoms with Crippen LogP contribution in [-0.4, -0.2) is 34.3 Å². The zero-order chi connectivity index (χ0) is 20.5. The molecule has 28 heavy (non-hydrogen) atoms. The first kappa shape index (κ1) is 20.1. The Morgan fingerprint density at radius 3 is 2.43 bits per heavy atom. The van der Waals surface area contributed by atoms with Crippen LogP contribution in [0.15, 0.2) is 0 Å². The van der Waals surface area contributed by atoms with E-state index in [4.69, 9.17) is 4.74 Å².